The van der Waals surface area contributed by atoms with E-state index >= 15 is 0 Å². The molecule has 0 aromatic heterocycles. The lowest BCUT2D eigenvalue weighted by Gasteiger charge is -2.23. The minimum atomic E-state index is -0.959. The summed E-state index contributed by atoms with van der Waals surface area (Å²) >= 11 is 0. The van der Waals surface area contributed by atoms with Crippen molar-refractivity contribution >= 4 is 17.9 Å². The largest absolute Gasteiger partial charge is 0.453 e. The third-order valence-corrected chi connectivity index (χ3v) is 2.89. The molecule has 0 radical (unpaired) electrons. The molecule has 1 fully saturated rings. The molecule has 0 spiro atoms. The fourth-order valence-electron chi connectivity index (χ4n) is 1.98. The maximum Gasteiger partial charge on any atom is 0.321 e. The lowest BCUT2D eigenvalue weighted by molar-refractivity contribution is -0.152. The molecule has 3 amide bonds. The molecule has 1 rings (SSSR count). The molecule has 102 valence electrons. The summed E-state index contributed by atoms with van der Waals surface area (Å²) in [6.07, 6.45) is 4.33. The maximum absolute atomic E-state index is 11.5. The van der Waals surface area contributed by atoms with Gasteiger partial charge in [0.05, 0.1) is 0 Å². The quantitative estimate of drug-likeness (QED) is 0.740. The Morgan fingerprint density at radius 1 is 1.17 bits per heavy atom. The van der Waals surface area contributed by atoms with Gasteiger partial charge in [0.15, 0.2) is 6.10 Å². The number of imide groups is 1. The van der Waals surface area contributed by atoms with Gasteiger partial charge in [-0.2, -0.15) is 0 Å². The second kappa shape index (κ2) is 6.98. The molecule has 1 atom stereocenters. The molecule has 0 aliphatic heterocycles. The molecule has 0 unspecified atom stereocenters. The summed E-state index contributed by atoms with van der Waals surface area (Å²) in [7, 11) is 0. The summed E-state index contributed by atoms with van der Waals surface area (Å²) in [4.78, 5) is 33.7. The monoisotopic (exact) mass is 256 g/mol. The molecule has 0 aromatic carbocycles. The number of hydrogen-bond acceptors (Lipinski definition) is 4. The van der Waals surface area contributed by atoms with E-state index in [1.54, 1.807) is 0 Å². The smallest absolute Gasteiger partial charge is 0.321 e. The number of carbonyl (C=O) groups is 3. The van der Waals surface area contributed by atoms with Crippen LogP contribution in [0.25, 0.3) is 0 Å². The fraction of sp³-hybridized carbons (Fsp3) is 0.750. The highest BCUT2D eigenvalue weighted by molar-refractivity contribution is 5.97. The molecule has 0 bridgehead atoms. The van der Waals surface area contributed by atoms with E-state index in [0.29, 0.717) is 0 Å². The number of carbonyl (C=O) groups excluding carboxylic acids is 3. The van der Waals surface area contributed by atoms with Crippen molar-refractivity contribution in [1.82, 2.24) is 10.6 Å². The van der Waals surface area contributed by atoms with Crippen LogP contribution in [0, 0.1) is 0 Å². The van der Waals surface area contributed by atoms with Crippen LogP contribution in [-0.2, 0) is 14.3 Å². The van der Waals surface area contributed by atoms with Crippen LogP contribution in [0.5, 0.6) is 0 Å². The van der Waals surface area contributed by atoms with E-state index in [9.17, 15) is 14.4 Å². The van der Waals surface area contributed by atoms with Crippen LogP contribution in [0.1, 0.15) is 46.0 Å². The lowest BCUT2D eigenvalue weighted by Crippen LogP contribution is -2.48. The second-order valence-corrected chi connectivity index (χ2v) is 4.55. The summed E-state index contributed by atoms with van der Waals surface area (Å²) in [6.45, 7) is 2.64. The van der Waals surface area contributed by atoms with Gasteiger partial charge in [-0.3, -0.25) is 14.9 Å². The first-order valence-electron chi connectivity index (χ1n) is 6.27. The van der Waals surface area contributed by atoms with Crippen LogP contribution >= 0.6 is 0 Å². The Balaban J connectivity index is 2.30. The molecule has 18 heavy (non-hydrogen) atoms. The summed E-state index contributed by atoms with van der Waals surface area (Å²) in [6, 6.07) is -0.388. The van der Waals surface area contributed by atoms with Gasteiger partial charge in [0.25, 0.3) is 5.91 Å². The van der Waals surface area contributed by atoms with Crippen LogP contribution in [0.4, 0.5) is 4.79 Å². The van der Waals surface area contributed by atoms with Crippen molar-refractivity contribution in [2.75, 3.05) is 0 Å². The molecular weight excluding hydrogens is 236 g/mol. The number of nitrogens with one attached hydrogen (secondary N) is 2. The van der Waals surface area contributed by atoms with E-state index in [4.69, 9.17) is 0 Å². The Morgan fingerprint density at radius 3 is 2.33 bits per heavy atom. The minimum Gasteiger partial charge on any atom is -0.453 e. The van der Waals surface area contributed by atoms with Crippen molar-refractivity contribution in [3.63, 3.8) is 0 Å². The minimum absolute atomic E-state index is 0.135. The van der Waals surface area contributed by atoms with E-state index in [-0.39, 0.29) is 6.04 Å². The number of amides is 3. The molecule has 0 heterocycles. The third kappa shape index (κ3) is 5.16. The molecular formula is C12H20N2O4. The molecule has 1 aliphatic rings. The van der Waals surface area contributed by atoms with Gasteiger partial charge < -0.3 is 10.1 Å². The van der Waals surface area contributed by atoms with Crippen LogP contribution in [-0.4, -0.2) is 30.1 Å². The zero-order valence-electron chi connectivity index (χ0n) is 10.8. The van der Waals surface area contributed by atoms with E-state index in [1.807, 2.05) is 0 Å². The van der Waals surface area contributed by atoms with Crippen molar-refractivity contribution in [1.29, 1.82) is 0 Å². The van der Waals surface area contributed by atoms with E-state index in [1.165, 1.54) is 20.3 Å². The Hall–Kier alpha value is -1.59. The van der Waals surface area contributed by atoms with E-state index in [2.05, 4.69) is 15.4 Å². The third-order valence-electron chi connectivity index (χ3n) is 2.89. The van der Waals surface area contributed by atoms with Crippen molar-refractivity contribution < 1.29 is 19.1 Å². The standard InChI is InChI=1S/C12H20N2O4/c1-8(18-9(2)15)11(16)14-12(17)13-10-6-4-3-5-7-10/h8,10H,3-7H2,1-2H3,(H2,13,14,16,17)/t8-/m0/s1. The molecule has 0 aromatic rings. The normalized spacial score (nSPS) is 17.7. The highest BCUT2D eigenvalue weighted by Crippen LogP contribution is 2.17. The Kier molecular flexibility index (Phi) is 5.61. The summed E-state index contributed by atoms with van der Waals surface area (Å²) < 4.78 is 4.67. The van der Waals surface area contributed by atoms with Gasteiger partial charge in [0.1, 0.15) is 0 Å². The lowest BCUT2D eigenvalue weighted by atomic mass is 9.96. The van der Waals surface area contributed by atoms with E-state index < -0.39 is 24.0 Å². The maximum atomic E-state index is 11.5. The van der Waals surface area contributed by atoms with Crippen LogP contribution in [0.15, 0.2) is 0 Å². The molecule has 6 nitrogen and oxygen atoms in total. The van der Waals surface area contributed by atoms with Gasteiger partial charge in [0.2, 0.25) is 0 Å². The summed E-state index contributed by atoms with van der Waals surface area (Å²) in [5.41, 5.74) is 0. The predicted molar refractivity (Wildman–Crippen MR) is 64.8 cm³/mol. The van der Waals surface area contributed by atoms with Crippen molar-refractivity contribution in [3.8, 4) is 0 Å². The van der Waals surface area contributed by atoms with Crippen molar-refractivity contribution in [2.45, 2.75) is 58.1 Å². The molecule has 2 N–H and O–H groups in total. The number of rotatable bonds is 3. The molecule has 1 saturated carbocycles. The number of urea groups is 1. The summed E-state index contributed by atoms with van der Waals surface area (Å²) in [5, 5.41) is 4.91. The Labute approximate surface area is 106 Å². The fourth-order valence-corrected chi connectivity index (χ4v) is 1.98. The highest BCUT2D eigenvalue weighted by Gasteiger charge is 2.20. The van der Waals surface area contributed by atoms with Gasteiger partial charge in [0, 0.05) is 13.0 Å². The van der Waals surface area contributed by atoms with Gasteiger partial charge in [-0.15, -0.1) is 0 Å². The van der Waals surface area contributed by atoms with Gasteiger partial charge in [-0.1, -0.05) is 19.3 Å². The van der Waals surface area contributed by atoms with Gasteiger partial charge >= 0.3 is 12.0 Å². The SMILES string of the molecule is CC(=O)O[C@@H](C)C(=O)NC(=O)NC1CCCCC1. The second-order valence-electron chi connectivity index (χ2n) is 4.55. The Bertz CT molecular complexity index is 324. The van der Waals surface area contributed by atoms with Crippen LogP contribution in [0.2, 0.25) is 0 Å². The zero-order chi connectivity index (χ0) is 13.5. The van der Waals surface area contributed by atoms with Crippen molar-refractivity contribution in [2.24, 2.45) is 0 Å². The first kappa shape index (κ1) is 14.5. The predicted octanol–water partition coefficient (Wildman–Crippen LogP) is 1.10. The summed E-state index contributed by atoms with van der Waals surface area (Å²) in [5.74, 6) is -1.16. The zero-order valence-corrected chi connectivity index (χ0v) is 10.8. The number of ether oxygens (including phenoxy) is 1. The van der Waals surface area contributed by atoms with Gasteiger partial charge in [-0.25, -0.2) is 4.79 Å². The highest BCUT2D eigenvalue weighted by atomic mass is 16.5. The molecule has 1 aliphatic carbocycles. The Morgan fingerprint density at radius 2 is 1.78 bits per heavy atom. The van der Waals surface area contributed by atoms with Crippen LogP contribution < -0.4 is 10.6 Å². The van der Waals surface area contributed by atoms with Crippen molar-refractivity contribution in [3.05, 3.63) is 0 Å². The average molecular weight is 256 g/mol. The average Bonchev–Trinajstić information content (AvgIpc) is 2.29. The molecule has 6 heteroatoms. The number of esters is 1. The van der Waals surface area contributed by atoms with E-state index in [0.717, 1.165) is 25.7 Å². The topological polar surface area (TPSA) is 84.5 Å². The van der Waals surface area contributed by atoms with Gasteiger partial charge in [-0.05, 0) is 19.8 Å². The first-order chi connectivity index (χ1) is 8.49. The first-order valence-corrected chi connectivity index (χ1v) is 6.27. The number of hydrogen-bond donors (Lipinski definition) is 2. The molecule has 0 saturated heterocycles. The van der Waals surface area contributed by atoms with Crippen LogP contribution in [0.3, 0.4) is 0 Å².